The normalized spacial score (nSPS) is 18.2. The summed E-state index contributed by atoms with van der Waals surface area (Å²) in [6.45, 7) is 11.0. The smallest absolute Gasteiger partial charge is 0.408 e. The first-order chi connectivity index (χ1) is 13.2. The van der Waals surface area contributed by atoms with Crippen LogP contribution in [-0.2, 0) is 20.9 Å². The molecule has 2 atom stereocenters. The summed E-state index contributed by atoms with van der Waals surface area (Å²) in [6.07, 6.45) is 1.30. The third kappa shape index (κ3) is 6.82. The number of nitrogens with zero attached hydrogens (tertiary/aromatic N) is 1. The molecule has 0 saturated carbocycles. The molecule has 1 aliphatic rings. The van der Waals surface area contributed by atoms with E-state index >= 15 is 0 Å². The fourth-order valence-corrected chi connectivity index (χ4v) is 3.31. The number of ether oxygens (including phenoxy) is 2. The SMILES string of the molecule is CC(C)[C@H](NC(=O)OC(C)(C)C)C(=O)N1CCC[C@H]1COCc1ccccc1. The molecule has 0 spiro atoms. The number of likely N-dealkylation sites (tertiary alicyclic amines) is 1. The third-order valence-corrected chi connectivity index (χ3v) is 4.69. The Kier molecular flexibility index (Phi) is 7.87. The number of nitrogens with one attached hydrogen (secondary N) is 1. The van der Waals surface area contributed by atoms with E-state index in [0.29, 0.717) is 19.8 Å². The minimum Gasteiger partial charge on any atom is -0.444 e. The maximum Gasteiger partial charge on any atom is 0.408 e. The number of benzene rings is 1. The van der Waals surface area contributed by atoms with Crippen LogP contribution in [0, 0.1) is 5.92 Å². The maximum absolute atomic E-state index is 13.1. The molecule has 1 aromatic rings. The van der Waals surface area contributed by atoms with Crippen LogP contribution in [0.5, 0.6) is 0 Å². The molecule has 0 bridgehead atoms. The average molecular weight is 391 g/mol. The quantitative estimate of drug-likeness (QED) is 0.770. The monoisotopic (exact) mass is 390 g/mol. The van der Waals surface area contributed by atoms with Crippen LogP contribution >= 0.6 is 0 Å². The summed E-state index contributed by atoms with van der Waals surface area (Å²) < 4.78 is 11.2. The summed E-state index contributed by atoms with van der Waals surface area (Å²) >= 11 is 0. The summed E-state index contributed by atoms with van der Waals surface area (Å²) in [4.78, 5) is 27.2. The van der Waals surface area contributed by atoms with Gasteiger partial charge in [-0.05, 0) is 45.1 Å². The molecule has 28 heavy (non-hydrogen) atoms. The standard InChI is InChI=1S/C22H34N2O4/c1-16(2)19(23-21(26)28-22(3,4)5)20(25)24-13-9-12-18(24)15-27-14-17-10-7-6-8-11-17/h6-8,10-11,16,18-19H,9,12-15H2,1-5H3,(H,23,26)/t18-,19-/m0/s1. The summed E-state index contributed by atoms with van der Waals surface area (Å²) in [5, 5.41) is 2.76. The molecular weight excluding hydrogens is 356 g/mol. The second-order valence-corrected chi connectivity index (χ2v) is 8.70. The highest BCUT2D eigenvalue weighted by Gasteiger charge is 2.36. The molecule has 2 amide bonds. The van der Waals surface area contributed by atoms with Crippen LogP contribution in [0.1, 0.15) is 53.0 Å². The Labute approximate surface area is 168 Å². The first kappa shape index (κ1) is 22.2. The van der Waals surface area contributed by atoms with Gasteiger partial charge in [-0.2, -0.15) is 0 Å². The first-order valence-electron chi connectivity index (χ1n) is 10.1. The van der Waals surface area contributed by atoms with E-state index < -0.39 is 17.7 Å². The fraction of sp³-hybridized carbons (Fsp3) is 0.636. The van der Waals surface area contributed by atoms with Gasteiger partial charge in [-0.25, -0.2) is 4.79 Å². The molecule has 0 radical (unpaired) electrons. The van der Waals surface area contributed by atoms with Crippen molar-refractivity contribution in [2.24, 2.45) is 5.92 Å². The number of carbonyl (C=O) groups excluding carboxylic acids is 2. The molecule has 1 saturated heterocycles. The van der Waals surface area contributed by atoms with Crippen LogP contribution in [0.2, 0.25) is 0 Å². The van der Waals surface area contributed by atoms with E-state index in [1.807, 2.05) is 49.1 Å². The summed E-state index contributed by atoms with van der Waals surface area (Å²) in [6, 6.07) is 9.43. The van der Waals surface area contributed by atoms with Crippen molar-refractivity contribution in [2.75, 3.05) is 13.2 Å². The Hall–Kier alpha value is -2.08. The summed E-state index contributed by atoms with van der Waals surface area (Å²) in [5.41, 5.74) is 0.515. The molecule has 1 aromatic carbocycles. The van der Waals surface area contributed by atoms with Crippen LogP contribution in [0.3, 0.4) is 0 Å². The largest absolute Gasteiger partial charge is 0.444 e. The van der Waals surface area contributed by atoms with Crippen molar-refractivity contribution in [1.29, 1.82) is 0 Å². The van der Waals surface area contributed by atoms with Crippen molar-refractivity contribution in [3.8, 4) is 0 Å². The fourth-order valence-electron chi connectivity index (χ4n) is 3.31. The van der Waals surface area contributed by atoms with Crippen LogP contribution in [-0.4, -0.2) is 47.7 Å². The molecule has 0 aliphatic carbocycles. The zero-order valence-corrected chi connectivity index (χ0v) is 17.7. The van der Waals surface area contributed by atoms with Crippen molar-refractivity contribution >= 4 is 12.0 Å². The van der Waals surface area contributed by atoms with Gasteiger partial charge < -0.3 is 19.7 Å². The molecule has 1 fully saturated rings. The van der Waals surface area contributed by atoms with Crippen molar-refractivity contribution in [2.45, 2.75) is 71.8 Å². The van der Waals surface area contributed by atoms with Gasteiger partial charge in [0.05, 0.1) is 19.3 Å². The predicted molar refractivity (Wildman–Crippen MR) is 109 cm³/mol. The van der Waals surface area contributed by atoms with Crippen LogP contribution < -0.4 is 5.32 Å². The Morgan fingerprint density at radius 3 is 2.50 bits per heavy atom. The average Bonchev–Trinajstić information content (AvgIpc) is 3.07. The minimum atomic E-state index is -0.607. The highest BCUT2D eigenvalue weighted by molar-refractivity contribution is 5.86. The molecular formula is C22H34N2O4. The van der Waals surface area contributed by atoms with Gasteiger partial charge in [-0.1, -0.05) is 44.2 Å². The van der Waals surface area contributed by atoms with Gasteiger partial charge in [0.2, 0.25) is 5.91 Å². The molecule has 0 aromatic heterocycles. The van der Waals surface area contributed by atoms with E-state index in [4.69, 9.17) is 9.47 Å². The molecule has 0 unspecified atom stereocenters. The van der Waals surface area contributed by atoms with Gasteiger partial charge >= 0.3 is 6.09 Å². The van der Waals surface area contributed by atoms with Gasteiger partial charge in [0.15, 0.2) is 0 Å². The maximum atomic E-state index is 13.1. The summed E-state index contributed by atoms with van der Waals surface area (Å²) in [7, 11) is 0. The number of amides is 2. The molecule has 1 N–H and O–H groups in total. The lowest BCUT2D eigenvalue weighted by Gasteiger charge is -2.31. The predicted octanol–water partition coefficient (Wildman–Crippen LogP) is 3.74. The second kappa shape index (κ2) is 9.92. The Morgan fingerprint density at radius 2 is 1.89 bits per heavy atom. The Morgan fingerprint density at radius 1 is 1.21 bits per heavy atom. The summed E-state index contributed by atoms with van der Waals surface area (Å²) in [5.74, 6) is -0.0989. The molecule has 6 heteroatoms. The Balaban J connectivity index is 1.93. The molecule has 1 heterocycles. The molecule has 156 valence electrons. The van der Waals surface area contributed by atoms with Gasteiger partial charge in [-0.3, -0.25) is 4.79 Å². The number of hydrogen-bond donors (Lipinski definition) is 1. The number of alkyl carbamates (subject to hydrolysis) is 1. The van der Waals surface area contributed by atoms with E-state index in [2.05, 4.69) is 5.32 Å². The number of carbonyl (C=O) groups is 2. The number of rotatable bonds is 7. The lowest BCUT2D eigenvalue weighted by Crippen LogP contribution is -2.53. The van der Waals surface area contributed by atoms with Gasteiger partial charge in [0.1, 0.15) is 11.6 Å². The second-order valence-electron chi connectivity index (χ2n) is 8.70. The van der Waals surface area contributed by atoms with Crippen molar-refractivity contribution in [1.82, 2.24) is 10.2 Å². The minimum absolute atomic E-state index is 0.0356. The van der Waals surface area contributed by atoms with Crippen LogP contribution in [0.4, 0.5) is 4.79 Å². The zero-order chi connectivity index (χ0) is 20.7. The van der Waals surface area contributed by atoms with E-state index in [1.165, 1.54) is 0 Å². The Bertz CT molecular complexity index is 640. The van der Waals surface area contributed by atoms with Crippen molar-refractivity contribution in [3.63, 3.8) is 0 Å². The van der Waals surface area contributed by atoms with Crippen molar-refractivity contribution < 1.29 is 19.1 Å². The first-order valence-corrected chi connectivity index (χ1v) is 10.1. The van der Waals surface area contributed by atoms with Crippen molar-refractivity contribution in [3.05, 3.63) is 35.9 Å². The zero-order valence-electron chi connectivity index (χ0n) is 17.7. The third-order valence-electron chi connectivity index (χ3n) is 4.69. The molecule has 2 rings (SSSR count). The lowest BCUT2D eigenvalue weighted by atomic mass is 10.0. The number of hydrogen-bond acceptors (Lipinski definition) is 4. The lowest BCUT2D eigenvalue weighted by molar-refractivity contribution is -0.136. The van der Waals surface area contributed by atoms with Gasteiger partial charge in [0, 0.05) is 6.54 Å². The van der Waals surface area contributed by atoms with E-state index in [0.717, 1.165) is 18.4 Å². The highest BCUT2D eigenvalue weighted by Crippen LogP contribution is 2.21. The van der Waals surface area contributed by atoms with Crippen LogP contribution in [0.25, 0.3) is 0 Å². The van der Waals surface area contributed by atoms with E-state index in [9.17, 15) is 9.59 Å². The highest BCUT2D eigenvalue weighted by atomic mass is 16.6. The van der Waals surface area contributed by atoms with E-state index in [-0.39, 0.29) is 17.9 Å². The topological polar surface area (TPSA) is 67.9 Å². The molecule has 1 aliphatic heterocycles. The van der Waals surface area contributed by atoms with Crippen LogP contribution in [0.15, 0.2) is 30.3 Å². The van der Waals surface area contributed by atoms with E-state index in [1.54, 1.807) is 20.8 Å². The van der Waals surface area contributed by atoms with Gasteiger partial charge in [0.25, 0.3) is 0 Å². The van der Waals surface area contributed by atoms with Gasteiger partial charge in [-0.15, -0.1) is 0 Å². The molecule has 6 nitrogen and oxygen atoms in total.